The summed E-state index contributed by atoms with van der Waals surface area (Å²) in [6.07, 6.45) is 1.97. The summed E-state index contributed by atoms with van der Waals surface area (Å²) in [4.78, 5) is 11.0. The fraction of sp³-hybridized carbons (Fsp3) is 0.364. The first kappa shape index (κ1) is 8.73. The molecule has 0 unspecified atom stereocenters. The zero-order chi connectivity index (χ0) is 10.5. The molecule has 1 fully saturated rings. The molecule has 2 aliphatic rings. The Balaban J connectivity index is 2.01. The highest BCUT2D eigenvalue weighted by Crippen LogP contribution is 2.45. The van der Waals surface area contributed by atoms with Crippen molar-refractivity contribution in [3.8, 4) is 11.5 Å². The summed E-state index contributed by atoms with van der Waals surface area (Å²) in [6.45, 7) is -0.0138. The molecule has 3 rings (SSSR count). The van der Waals surface area contributed by atoms with Gasteiger partial charge < -0.3 is 15.2 Å². The van der Waals surface area contributed by atoms with E-state index in [1.165, 1.54) is 0 Å². The summed E-state index contributed by atoms with van der Waals surface area (Å²) in [5.74, 6) is 0.740. The maximum absolute atomic E-state index is 11.0. The maximum Gasteiger partial charge on any atom is 0.349 e. The lowest BCUT2D eigenvalue weighted by Gasteiger charge is -2.18. The minimum atomic E-state index is -0.360. The Morgan fingerprint density at radius 2 is 2.07 bits per heavy atom. The predicted octanol–water partition coefficient (Wildman–Crippen LogP) is 0.932. The maximum atomic E-state index is 11.0. The number of esters is 1. The molecule has 1 aromatic rings. The molecule has 0 amide bonds. The standard InChI is InChI=1S/C11H11NO3/c12-11(3-4-11)7-1-2-8-9(5-7)15-10(13)6-14-8/h1-2,5H,3-4,6,12H2. The number of rotatable bonds is 1. The van der Waals surface area contributed by atoms with Crippen LogP contribution < -0.4 is 15.2 Å². The summed E-state index contributed by atoms with van der Waals surface area (Å²) in [7, 11) is 0. The van der Waals surface area contributed by atoms with Crippen LogP contribution in [0.5, 0.6) is 11.5 Å². The van der Waals surface area contributed by atoms with Crippen LogP contribution in [0.4, 0.5) is 0 Å². The van der Waals surface area contributed by atoms with Gasteiger partial charge in [-0.25, -0.2) is 4.79 Å². The summed E-state index contributed by atoms with van der Waals surface area (Å²) < 4.78 is 10.3. The van der Waals surface area contributed by atoms with Crippen molar-refractivity contribution in [3.05, 3.63) is 23.8 Å². The number of ether oxygens (including phenoxy) is 2. The normalized spacial score (nSPS) is 21.3. The molecular weight excluding hydrogens is 194 g/mol. The molecule has 1 saturated carbocycles. The van der Waals surface area contributed by atoms with E-state index in [1.54, 1.807) is 6.07 Å². The molecule has 0 atom stereocenters. The lowest BCUT2D eigenvalue weighted by Crippen LogP contribution is -2.24. The van der Waals surface area contributed by atoms with Crippen molar-refractivity contribution >= 4 is 5.97 Å². The van der Waals surface area contributed by atoms with Crippen LogP contribution in [-0.2, 0) is 10.3 Å². The third-order valence-electron chi connectivity index (χ3n) is 2.88. The van der Waals surface area contributed by atoms with Gasteiger partial charge in [-0.15, -0.1) is 0 Å². The molecule has 4 heteroatoms. The monoisotopic (exact) mass is 205 g/mol. The lowest BCUT2D eigenvalue weighted by molar-refractivity contribution is -0.138. The number of carbonyl (C=O) groups is 1. The first-order chi connectivity index (χ1) is 7.17. The SMILES string of the molecule is NC1(c2ccc3c(c2)OC(=O)CO3)CC1. The minimum absolute atomic E-state index is 0.0138. The van der Waals surface area contributed by atoms with Gasteiger partial charge in [0, 0.05) is 5.54 Å². The van der Waals surface area contributed by atoms with Gasteiger partial charge in [0.2, 0.25) is 0 Å². The van der Waals surface area contributed by atoms with Crippen LogP contribution in [0.15, 0.2) is 18.2 Å². The van der Waals surface area contributed by atoms with Gasteiger partial charge in [-0.05, 0) is 30.5 Å². The topological polar surface area (TPSA) is 61.5 Å². The summed E-state index contributed by atoms with van der Waals surface area (Å²) >= 11 is 0. The summed E-state index contributed by atoms with van der Waals surface area (Å²) in [6, 6.07) is 5.55. The molecule has 1 heterocycles. The van der Waals surface area contributed by atoms with Crippen LogP contribution in [0.3, 0.4) is 0 Å². The number of hydrogen-bond acceptors (Lipinski definition) is 4. The van der Waals surface area contributed by atoms with Crippen molar-refractivity contribution in [2.45, 2.75) is 18.4 Å². The molecular formula is C11H11NO3. The van der Waals surface area contributed by atoms with Crippen LogP contribution in [0.1, 0.15) is 18.4 Å². The molecule has 0 spiro atoms. The molecule has 0 bridgehead atoms. The molecule has 4 nitrogen and oxygen atoms in total. The molecule has 1 aromatic carbocycles. The lowest BCUT2D eigenvalue weighted by atomic mass is 10.1. The van der Waals surface area contributed by atoms with E-state index in [4.69, 9.17) is 15.2 Å². The van der Waals surface area contributed by atoms with Crippen molar-refractivity contribution in [2.75, 3.05) is 6.61 Å². The summed E-state index contributed by atoms with van der Waals surface area (Å²) in [5.41, 5.74) is 6.86. The number of benzene rings is 1. The molecule has 78 valence electrons. The van der Waals surface area contributed by atoms with Gasteiger partial charge in [-0.2, -0.15) is 0 Å². The minimum Gasteiger partial charge on any atom is -0.478 e. The van der Waals surface area contributed by atoms with Crippen molar-refractivity contribution < 1.29 is 14.3 Å². The Morgan fingerprint density at radius 1 is 1.27 bits per heavy atom. The van der Waals surface area contributed by atoms with Crippen molar-refractivity contribution in [1.82, 2.24) is 0 Å². The van der Waals surface area contributed by atoms with E-state index in [9.17, 15) is 4.79 Å². The first-order valence-electron chi connectivity index (χ1n) is 4.94. The van der Waals surface area contributed by atoms with Gasteiger partial charge >= 0.3 is 5.97 Å². The zero-order valence-electron chi connectivity index (χ0n) is 8.16. The van der Waals surface area contributed by atoms with Gasteiger partial charge in [0.1, 0.15) is 0 Å². The van der Waals surface area contributed by atoms with E-state index in [-0.39, 0.29) is 18.1 Å². The second kappa shape index (κ2) is 2.73. The largest absolute Gasteiger partial charge is 0.478 e. The van der Waals surface area contributed by atoms with E-state index in [0.29, 0.717) is 11.5 Å². The van der Waals surface area contributed by atoms with Crippen LogP contribution in [0.25, 0.3) is 0 Å². The summed E-state index contributed by atoms with van der Waals surface area (Å²) in [5, 5.41) is 0. The van der Waals surface area contributed by atoms with E-state index < -0.39 is 0 Å². The van der Waals surface area contributed by atoms with Gasteiger partial charge in [-0.1, -0.05) is 6.07 Å². The van der Waals surface area contributed by atoms with E-state index in [0.717, 1.165) is 18.4 Å². The first-order valence-corrected chi connectivity index (χ1v) is 4.94. The number of fused-ring (bicyclic) bond motifs is 1. The Hall–Kier alpha value is -1.55. The number of hydrogen-bond donors (Lipinski definition) is 1. The predicted molar refractivity (Wildman–Crippen MR) is 52.7 cm³/mol. The second-order valence-corrected chi connectivity index (χ2v) is 4.08. The van der Waals surface area contributed by atoms with Crippen molar-refractivity contribution in [1.29, 1.82) is 0 Å². The van der Waals surface area contributed by atoms with Gasteiger partial charge in [0.15, 0.2) is 18.1 Å². The molecule has 1 aliphatic carbocycles. The van der Waals surface area contributed by atoms with Gasteiger partial charge in [-0.3, -0.25) is 0 Å². The molecule has 15 heavy (non-hydrogen) atoms. The van der Waals surface area contributed by atoms with Crippen molar-refractivity contribution in [3.63, 3.8) is 0 Å². The quantitative estimate of drug-likeness (QED) is 0.547. The van der Waals surface area contributed by atoms with Gasteiger partial charge in [0.25, 0.3) is 0 Å². The third-order valence-corrected chi connectivity index (χ3v) is 2.88. The average Bonchev–Trinajstić information content (AvgIpc) is 2.97. The average molecular weight is 205 g/mol. The third kappa shape index (κ3) is 1.37. The molecule has 2 N–H and O–H groups in total. The number of nitrogens with two attached hydrogens (primary N) is 1. The smallest absolute Gasteiger partial charge is 0.349 e. The van der Waals surface area contributed by atoms with E-state index in [2.05, 4.69) is 0 Å². The fourth-order valence-corrected chi connectivity index (χ4v) is 1.73. The Labute approximate surface area is 87.0 Å². The zero-order valence-corrected chi connectivity index (χ0v) is 8.16. The second-order valence-electron chi connectivity index (χ2n) is 4.08. The molecule has 1 aliphatic heterocycles. The molecule has 0 saturated heterocycles. The van der Waals surface area contributed by atoms with Crippen LogP contribution in [0.2, 0.25) is 0 Å². The van der Waals surface area contributed by atoms with Crippen molar-refractivity contribution in [2.24, 2.45) is 5.73 Å². The Bertz CT molecular complexity index is 437. The number of carbonyl (C=O) groups excluding carboxylic acids is 1. The highest BCUT2D eigenvalue weighted by molar-refractivity contribution is 5.77. The highest BCUT2D eigenvalue weighted by atomic mass is 16.6. The highest BCUT2D eigenvalue weighted by Gasteiger charge is 2.40. The Kier molecular flexibility index (Phi) is 1.59. The fourth-order valence-electron chi connectivity index (χ4n) is 1.73. The Morgan fingerprint density at radius 3 is 2.80 bits per heavy atom. The molecule has 0 aromatic heterocycles. The molecule has 0 radical (unpaired) electrons. The van der Waals surface area contributed by atoms with E-state index in [1.807, 2.05) is 12.1 Å². The van der Waals surface area contributed by atoms with E-state index >= 15 is 0 Å². The van der Waals surface area contributed by atoms with Gasteiger partial charge in [0.05, 0.1) is 0 Å². The van der Waals surface area contributed by atoms with Crippen LogP contribution in [-0.4, -0.2) is 12.6 Å². The van der Waals surface area contributed by atoms with Crippen LogP contribution in [0, 0.1) is 0 Å². The van der Waals surface area contributed by atoms with Crippen LogP contribution >= 0.6 is 0 Å².